The summed E-state index contributed by atoms with van der Waals surface area (Å²) in [7, 11) is 3.33. The van der Waals surface area contributed by atoms with E-state index in [0.29, 0.717) is 11.3 Å². The van der Waals surface area contributed by atoms with Crippen LogP contribution in [0.15, 0.2) is 18.2 Å². The molecule has 0 aliphatic carbocycles. The Morgan fingerprint density at radius 1 is 1.43 bits per heavy atom. The third kappa shape index (κ3) is 3.47. The zero-order chi connectivity index (χ0) is 15.4. The minimum atomic E-state index is -0.0529. The molecule has 0 saturated carbocycles. The van der Waals surface area contributed by atoms with Crippen molar-refractivity contribution in [1.29, 1.82) is 0 Å². The minimum Gasteiger partial charge on any atom is -0.504 e. The lowest BCUT2D eigenvalue weighted by molar-refractivity contribution is 0.0646. The van der Waals surface area contributed by atoms with Gasteiger partial charge in [0.15, 0.2) is 11.5 Å². The zero-order valence-corrected chi connectivity index (χ0v) is 13.0. The highest BCUT2D eigenvalue weighted by molar-refractivity contribution is 5.95. The highest BCUT2D eigenvalue weighted by atomic mass is 16.5. The van der Waals surface area contributed by atoms with E-state index in [1.807, 2.05) is 7.05 Å². The molecule has 1 N–H and O–H groups in total. The van der Waals surface area contributed by atoms with Crippen LogP contribution in [0.3, 0.4) is 0 Å². The fourth-order valence-electron chi connectivity index (χ4n) is 2.82. The van der Waals surface area contributed by atoms with Gasteiger partial charge in [0.05, 0.1) is 7.11 Å². The molecule has 2 rings (SSSR count). The third-order valence-corrected chi connectivity index (χ3v) is 4.30. The van der Waals surface area contributed by atoms with Crippen molar-refractivity contribution in [3.63, 3.8) is 0 Å². The van der Waals surface area contributed by atoms with Crippen molar-refractivity contribution in [2.75, 3.05) is 33.8 Å². The first kappa shape index (κ1) is 15.6. The van der Waals surface area contributed by atoms with Crippen LogP contribution in [-0.2, 0) is 0 Å². The maximum absolute atomic E-state index is 12.5. The SMILES string of the molecule is CCN1CCC(N(C)C(=O)c2ccc(OC)c(O)c2)CC1. The molecule has 0 bridgehead atoms. The zero-order valence-electron chi connectivity index (χ0n) is 13.0. The molecule has 1 aliphatic heterocycles. The van der Waals surface area contributed by atoms with Crippen LogP contribution in [0, 0.1) is 0 Å². The number of likely N-dealkylation sites (tertiary alicyclic amines) is 1. The fourth-order valence-corrected chi connectivity index (χ4v) is 2.82. The lowest BCUT2D eigenvalue weighted by atomic mass is 10.0. The summed E-state index contributed by atoms with van der Waals surface area (Å²) in [6.07, 6.45) is 2.00. The Hall–Kier alpha value is -1.75. The van der Waals surface area contributed by atoms with Gasteiger partial charge >= 0.3 is 0 Å². The number of nitrogens with zero attached hydrogens (tertiary/aromatic N) is 2. The Morgan fingerprint density at radius 3 is 2.62 bits per heavy atom. The van der Waals surface area contributed by atoms with Gasteiger partial charge in [-0.25, -0.2) is 0 Å². The summed E-state index contributed by atoms with van der Waals surface area (Å²) in [5.74, 6) is 0.325. The van der Waals surface area contributed by atoms with Gasteiger partial charge in [0, 0.05) is 31.7 Å². The monoisotopic (exact) mass is 292 g/mol. The van der Waals surface area contributed by atoms with E-state index < -0.39 is 0 Å². The molecule has 0 atom stereocenters. The number of carbonyl (C=O) groups is 1. The third-order valence-electron chi connectivity index (χ3n) is 4.30. The van der Waals surface area contributed by atoms with Gasteiger partial charge in [-0.15, -0.1) is 0 Å². The van der Waals surface area contributed by atoms with Crippen molar-refractivity contribution in [1.82, 2.24) is 9.80 Å². The quantitative estimate of drug-likeness (QED) is 0.921. The van der Waals surface area contributed by atoms with E-state index in [0.717, 1.165) is 32.5 Å². The summed E-state index contributed by atoms with van der Waals surface area (Å²) >= 11 is 0. The van der Waals surface area contributed by atoms with E-state index in [-0.39, 0.29) is 17.7 Å². The van der Waals surface area contributed by atoms with Gasteiger partial charge in [0.2, 0.25) is 0 Å². The predicted octanol–water partition coefficient (Wildman–Crippen LogP) is 1.96. The van der Waals surface area contributed by atoms with Crippen molar-refractivity contribution < 1.29 is 14.6 Å². The van der Waals surface area contributed by atoms with Crippen LogP contribution < -0.4 is 4.74 Å². The maximum Gasteiger partial charge on any atom is 0.253 e. The molecule has 5 nitrogen and oxygen atoms in total. The Morgan fingerprint density at radius 2 is 2.10 bits per heavy atom. The molecular formula is C16H24N2O3. The van der Waals surface area contributed by atoms with Crippen molar-refractivity contribution in [2.45, 2.75) is 25.8 Å². The van der Waals surface area contributed by atoms with Crippen molar-refractivity contribution in [3.8, 4) is 11.5 Å². The molecule has 0 spiro atoms. The number of hydrogen-bond acceptors (Lipinski definition) is 4. The summed E-state index contributed by atoms with van der Waals surface area (Å²) in [5, 5.41) is 9.80. The van der Waals surface area contributed by atoms with Crippen LogP contribution in [0.4, 0.5) is 0 Å². The summed E-state index contributed by atoms with van der Waals surface area (Å²) in [6.45, 7) is 5.30. The molecule has 1 aromatic carbocycles. The number of benzene rings is 1. The molecule has 0 aromatic heterocycles. The van der Waals surface area contributed by atoms with Crippen LogP contribution in [0.25, 0.3) is 0 Å². The first-order chi connectivity index (χ1) is 10.1. The molecule has 116 valence electrons. The number of piperidine rings is 1. The number of rotatable bonds is 4. The largest absolute Gasteiger partial charge is 0.504 e. The number of carbonyl (C=O) groups excluding carboxylic acids is 1. The average molecular weight is 292 g/mol. The molecule has 0 unspecified atom stereocenters. The smallest absolute Gasteiger partial charge is 0.253 e. The minimum absolute atomic E-state index is 0.00227. The molecule has 1 saturated heterocycles. The molecule has 1 amide bonds. The summed E-state index contributed by atoms with van der Waals surface area (Å²) < 4.78 is 5.00. The second kappa shape index (κ2) is 6.80. The average Bonchev–Trinajstić information content (AvgIpc) is 2.53. The van der Waals surface area contributed by atoms with E-state index in [1.165, 1.54) is 13.2 Å². The summed E-state index contributed by atoms with van der Waals surface area (Å²) in [4.78, 5) is 16.7. The van der Waals surface area contributed by atoms with Crippen LogP contribution in [0.5, 0.6) is 11.5 Å². The standard InChI is InChI=1S/C16H24N2O3/c1-4-18-9-7-13(8-10-18)17(2)16(20)12-5-6-15(21-3)14(19)11-12/h5-6,11,13,19H,4,7-10H2,1-3H3. The number of aromatic hydroxyl groups is 1. The molecular weight excluding hydrogens is 268 g/mol. The number of phenolic OH excluding ortho intramolecular Hbond substituents is 1. The predicted molar refractivity (Wildman–Crippen MR) is 81.9 cm³/mol. The van der Waals surface area contributed by atoms with Gasteiger partial charge < -0.3 is 19.6 Å². The van der Waals surface area contributed by atoms with E-state index in [4.69, 9.17) is 4.74 Å². The molecule has 1 heterocycles. The van der Waals surface area contributed by atoms with Gasteiger partial charge in [0.25, 0.3) is 5.91 Å². The topological polar surface area (TPSA) is 53.0 Å². The normalized spacial score (nSPS) is 16.7. The number of amides is 1. The van der Waals surface area contributed by atoms with Gasteiger partial charge in [-0.3, -0.25) is 4.79 Å². The summed E-state index contributed by atoms with van der Waals surface area (Å²) in [5.41, 5.74) is 0.494. The van der Waals surface area contributed by atoms with E-state index >= 15 is 0 Å². The lowest BCUT2D eigenvalue weighted by Gasteiger charge is -2.36. The van der Waals surface area contributed by atoms with Crippen molar-refractivity contribution >= 4 is 5.91 Å². The van der Waals surface area contributed by atoms with E-state index in [1.54, 1.807) is 17.0 Å². The van der Waals surface area contributed by atoms with Gasteiger partial charge in [-0.05, 0) is 37.6 Å². The van der Waals surface area contributed by atoms with Crippen LogP contribution in [-0.4, -0.2) is 60.6 Å². The molecule has 21 heavy (non-hydrogen) atoms. The van der Waals surface area contributed by atoms with Crippen LogP contribution in [0.2, 0.25) is 0 Å². The van der Waals surface area contributed by atoms with Gasteiger partial charge in [0.1, 0.15) is 0 Å². The highest BCUT2D eigenvalue weighted by Crippen LogP contribution is 2.27. The number of hydrogen-bond donors (Lipinski definition) is 1. The Balaban J connectivity index is 2.04. The fraction of sp³-hybridized carbons (Fsp3) is 0.562. The molecule has 1 aliphatic rings. The maximum atomic E-state index is 12.5. The Labute approximate surface area is 126 Å². The molecule has 5 heteroatoms. The molecule has 0 radical (unpaired) electrons. The van der Waals surface area contributed by atoms with Gasteiger partial charge in [-0.1, -0.05) is 6.92 Å². The lowest BCUT2D eigenvalue weighted by Crippen LogP contribution is -2.45. The molecule has 1 fully saturated rings. The number of ether oxygens (including phenoxy) is 1. The van der Waals surface area contributed by atoms with Crippen LogP contribution in [0.1, 0.15) is 30.1 Å². The Kier molecular flexibility index (Phi) is 5.07. The van der Waals surface area contributed by atoms with Crippen LogP contribution >= 0.6 is 0 Å². The van der Waals surface area contributed by atoms with Crippen molar-refractivity contribution in [3.05, 3.63) is 23.8 Å². The number of methoxy groups -OCH3 is 1. The van der Waals surface area contributed by atoms with E-state index in [2.05, 4.69) is 11.8 Å². The molecule has 1 aromatic rings. The van der Waals surface area contributed by atoms with Gasteiger partial charge in [-0.2, -0.15) is 0 Å². The highest BCUT2D eigenvalue weighted by Gasteiger charge is 2.25. The number of phenols is 1. The Bertz CT molecular complexity index is 496. The second-order valence-corrected chi connectivity index (χ2v) is 5.47. The van der Waals surface area contributed by atoms with Crippen molar-refractivity contribution in [2.24, 2.45) is 0 Å². The first-order valence-corrected chi connectivity index (χ1v) is 7.43. The second-order valence-electron chi connectivity index (χ2n) is 5.47. The first-order valence-electron chi connectivity index (χ1n) is 7.43. The van der Waals surface area contributed by atoms with E-state index in [9.17, 15) is 9.90 Å². The summed E-state index contributed by atoms with van der Waals surface area (Å²) in [6, 6.07) is 5.05.